The van der Waals surface area contributed by atoms with E-state index in [1.54, 1.807) is 17.0 Å². The Morgan fingerprint density at radius 3 is 2.18 bits per heavy atom. The monoisotopic (exact) mass is 472 g/mol. The summed E-state index contributed by atoms with van der Waals surface area (Å²) in [7, 11) is -3.52. The van der Waals surface area contributed by atoms with Crippen LogP contribution in [0.15, 0.2) is 53.4 Å². The number of carbonyl (C=O) groups is 1. The molecule has 2 aromatic carbocycles. The number of sulfonamides is 1. The first kappa shape index (κ1) is 23.9. The van der Waals surface area contributed by atoms with E-state index in [4.69, 9.17) is 0 Å². The van der Waals surface area contributed by atoms with Gasteiger partial charge in [-0.3, -0.25) is 4.79 Å². The van der Waals surface area contributed by atoms with Gasteiger partial charge in [0.1, 0.15) is 5.82 Å². The maximum absolute atomic E-state index is 13.1. The molecule has 0 bridgehead atoms. The van der Waals surface area contributed by atoms with Crippen molar-refractivity contribution >= 4 is 15.9 Å². The second-order valence-corrected chi connectivity index (χ2v) is 11.1. The van der Waals surface area contributed by atoms with Crippen LogP contribution in [0.25, 0.3) is 0 Å². The Morgan fingerprint density at radius 1 is 0.909 bits per heavy atom. The molecule has 7 heteroatoms. The maximum atomic E-state index is 13.1. The van der Waals surface area contributed by atoms with Gasteiger partial charge in [-0.2, -0.15) is 0 Å². The largest absolute Gasteiger partial charge is 0.339 e. The minimum Gasteiger partial charge on any atom is -0.339 e. The Kier molecular flexibility index (Phi) is 7.81. The SMILES string of the molecule is O=C(c1ccc(F)cc1)N1CCC(CCNS(=O)(=O)c2ccc(C3CCCCC3)cc2)CC1. The van der Waals surface area contributed by atoms with Gasteiger partial charge in [0.15, 0.2) is 0 Å². The molecule has 33 heavy (non-hydrogen) atoms. The van der Waals surface area contributed by atoms with Gasteiger partial charge in [-0.25, -0.2) is 17.5 Å². The smallest absolute Gasteiger partial charge is 0.253 e. The van der Waals surface area contributed by atoms with Gasteiger partial charge < -0.3 is 4.90 Å². The van der Waals surface area contributed by atoms with E-state index < -0.39 is 10.0 Å². The van der Waals surface area contributed by atoms with Crippen molar-refractivity contribution in [3.63, 3.8) is 0 Å². The van der Waals surface area contributed by atoms with E-state index in [0.717, 1.165) is 19.3 Å². The molecule has 2 fully saturated rings. The molecule has 0 unspecified atom stereocenters. The molecule has 2 aromatic rings. The molecule has 178 valence electrons. The highest BCUT2D eigenvalue weighted by Crippen LogP contribution is 2.33. The summed E-state index contributed by atoms with van der Waals surface area (Å²) >= 11 is 0. The number of nitrogens with zero attached hydrogens (tertiary/aromatic N) is 1. The molecule has 5 nitrogen and oxygen atoms in total. The van der Waals surface area contributed by atoms with E-state index in [1.807, 2.05) is 12.1 Å². The van der Waals surface area contributed by atoms with Crippen molar-refractivity contribution < 1.29 is 17.6 Å². The van der Waals surface area contributed by atoms with Crippen molar-refractivity contribution in [2.75, 3.05) is 19.6 Å². The van der Waals surface area contributed by atoms with Crippen LogP contribution in [-0.2, 0) is 10.0 Å². The molecule has 1 amide bonds. The summed E-state index contributed by atoms with van der Waals surface area (Å²) in [6.07, 6.45) is 8.62. The van der Waals surface area contributed by atoms with Crippen LogP contribution in [0, 0.1) is 11.7 Å². The highest BCUT2D eigenvalue weighted by molar-refractivity contribution is 7.89. The van der Waals surface area contributed by atoms with Crippen molar-refractivity contribution in [3.8, 4) is 0 Å². The third kappa shape index (κ3) is 6.21. The van der Waals surface area contributed by atoms with Gasteiger partial charge in [-0.15, -0.1) is 0 Å². The number of carbonyl (C=O) groups excluding carboxylic acids is 1. The molecule has 0 spiro atoms. The first-order chi connectivity index (χ1) is 15.9. The lowest BCUT2D eigenvalue weighted by Crippen LogP contribution is -2.39. The number of rotatable bonds is 7. The molecule has 0 atom stereocenters. The zero-order valence-electron chi connectivity index (χ0n) is 19.0. The van der Waals surface area contributed by atoms with Crippen LogP contribution in [0.4, 0.5) is 4.39 Å². The molecule has 0 radical (unpaired) electrons. The van der Waals surface area contributed by atoms with Gasteiger partial charge in [-0.1, -0.05) is 31.4 Å². The fourth-order valence-electron chi connectivity index (χ4n) is 5.04. The highest BCUT2D eigenvalue weighted by Gasteiger charge is 2.24. The predicted molar refractivity (Wildman–Crippen MR) is 127 cm³/mol. The molecule has 0 aromatic heterocycles. The quantitative estimate of drug-likeness (QED) is 0.610. The zero-order valence-corrected chi connectivity index (χ0v) is 19.8. The van der Waals surface area contributed by atoms with E-state index in [9.17, 15) is 17.6 Å². The minimum atomic E-state index is -3.52. The maximum Gasteiger partial charge on any atom is 0.253 e. The number of benzene rings is 2. The molecule has 2 aliphatic rings. The van der Waals surface area contributed by atoms with Crippen molar-refractivity contribution in [3.05, 3.63) is 65.5 Å². The molecule has 1 saturated heterocycles. The lowest BCUT2D eigenvalue weighted by Gasteiger charge is -2.32. The van der Waals surface area contributed by atoms with Crippen LogP contribution in [0.2, 0.25) is 0 Å². The molecule has 1 aliphatic carbocycles. The zero-order chi connectivity index (χ0) is 23.3. The summed E-state index contributed by atoms with van der Waals surface area (Å²) in [6, 6.07) is 13.0. The van der Waals surface area contributed by atoms with Gasteiger partial charge in [0.05, 0.1) is 4.90 Å². The first-order valence-electron chi connectivity index (χ1n) is 12.1. The third-order valence-corrected chi connectivity index (χ3v) is 8.58. The first-order valence-corrected chi connectivity index (χ1v) is 13.6. The second kappa shape index (κ2) is 10.8. The Bertz CT molecular complexity index is 1020. The van der Waals surface area contributed by atoms with Gasteiger partial charge in [0, 0.05) is 25.2 Å². The number of halogens is 1. The van der Waals surface area contributed by atoms with Gasteiger partial charge >= 0.3 is 0 Å². The Hall–Kier alpha value is -2.25. The van der Waals surface area contributed by atoms with Crippen molar-refractivity contribution in [2.45, 2.75) is 62.2 Å². The summed E-state index contributed by atoms with van der Waals surface area (Å²) in [4.78, 5) is 14.7. The minimum absolute atomic E-state index is 0.0779. The molecule has 1 heterocycles. The van der Waals surface area contributed by atoms with Crippen LogP contribution < -0.4 is 4.72 Å². The fraction of sp³-hybridized carbons (Fsp3) is 0.500. The Morgan fingerprint density at radius 2 is 1.55 bits per heavy atom. The summed E-state index contributed by atoms with van der Waals surface area (Å²) < 4.78 is 41.2. The van der Waals surface area contributed by atoms with E-state index in [1.165, 1.54) is 61.9 Å². The number of amides is 1. The molecule has 1 N–H and O–H groups in total. The van der Waals surface area contributed by atoms with E-state index >= 15 is 0 Å². The lowest BCUT2D eigenvalue weighted by atomic mass is 9.84. The number of likely N-dealkylation sites (tertiary alicyclic amines) is 1. The Balaban J connectivity index is 1.22. The van der Waals surface area contributed by atoms with Crippen molar-refractivity contribution in [1.29, 1.82) is 0 Å². The van der Waals surface area contributed by atoms with Crippen LogP contribution in [0.5, 0.6) is 0 Å². The van der Waals surface area contributed by atoms with Crippen LogP contribution in [-0.4, -0.2) is 38.9 Å². The van der Waals surface area contributed by atoms with E-state index in [0.29, 0.717) is 41.9 Å². The fourth-order valence-corrected chi connectivity index (χ4v) is 6.08. The van der Waals surface area contributed by atoms with Gasteiger partial charge in [0.2, 0.25) is 10.0 Å². The normalized spacial score (nSPS) is 18.4. The number of hydrogen-bond donors (Lipinski definition) is 1. The molecular weight excluding hydrogens is 439 g/mol. The lowest BCUT2D eigenvalue weighted by molar-refractivity contribution is 0.0687. The molecule has 1 saturated carbocycles. The summed E-state index contributed by atoms with van der Waals surface area (Å²) in [5.74, 6) is 0.501. The number of nitrogens with one attached hydrogen (secondary N) is 1. The summed E-state index contributed by atoms with van der Waals surface area (Å²) in [5, 5.41) is 0. The van der Waals surface area contributed by atoms with Crippen LogP contribution >= 0.6 is 0 Å². The molecule has 1 aliphatic heterocycles. The summed E-state index contributed by atoms with van der Waals surface area (Å²) in [5.41, 5.74) is 1.74. The highest BCUT2D eigenvalue weighted by atomic mass is 32.2. The van der Waals surface area contributed by atoms with Gasteiger partial charge in [0.25, 0.3) is 5.91 Å². The summed E-state index contributed by atoms with van der Waals surface area (Å²) in [6.45, 7) is 1.66. The number of piperidine rings is 1. The van der Waals surface area contributed by atoms with Crippen molar-refractivity contribution in [2.24, 2.45) is 5.92 Å². The topological polar surface area (TPSA) is 66.5 Å². The molecule has 4 rings (SSSR count). The average Bonchev–Trinajstić information content (AvgIpc) is 2.85. The van der Waals surface area contributed by atoms with E-state index in [2.05, 4.69) is 4.72 Å². The Labute approximate surface area is 196 Å². The van der Waals surface area contributed by atoms with E-state index in [-0.39, 0.29) is 11.7 Å². The standard InChI is InChI=1S/C26H33FN2O3S/c27-24-10-6-23(7-11-24)26(30)29-18-15-20(16-19-29)14-17-28-33(31,32)25-12-8-22(9-13-25)21-4-2-1-3-5-21/h6-13,20-21,28H,1-5,14-19H2. The van der Waals surface area contributed by atoms with Gasteiger partial charge in [-0.05, 0) is 85.9 Å². The predicted octanol–water partition coefficient (Wildman–Crippen LogP) is 5.09. The van der Waals surface area contributed by atoms with Crippen LogP contribution in [0.1, 0.15) is 73.2 Å². The second-order valence-electron chi connectivity index (χ2n) is 9.33. The third-order valence-electron chi connectivity index (χ3n) is 7.10. The average molecular weight is 473 g/mol. The van der Waals surface area contributed by atoms with Crippen LogP contribution in [0.3, 0.4) is 0 Å². The molecular formula is C26H33FN2O3S. The van der Waals surface area contributed by atoms with Crippen molar-refractivity contribution in [1.82, 2.24) is 9.62 Å². The number of hydrogen-bond acceptors (Lipinski definition) is 3.